The fourth-order valence-electron chi connectivity index (χ4n) is 1.74. The third kappa shape index (κ3) is 3.44. The summed E-state index contributed by atoms with van der Waals surface area (Å²) in [7, 11) is -3.51. The molecule has 0 radical (unpaired) electrons. The first-order valence-electron chi connectivity index (χ1n) is 6.07. The zero-order valence-electron chi connectivity index (χ0n) is 11.0. The summed E-state index contributed by atoms with van der Waals surface area (Å²) in [5, 5.41) is 8.70. The lowest BCUT2D eigenvalue weighted by atomic mass is 10.1. The highest BCUT2D eigenvalue weighted by molar-refractivity contribution is 7.89. The number of rotatable bonds is 4. The average Bonchev–Trinajstić information content (AvgIpc) is 2.46. The van der Waals surface area contributed by atoms with E-state index in [0.717, 1.165) is 11.1 Å². The Bertz CT molecular complexity index is 744. The number of nitriles is 1. The predicted octanol–water partition coefficient (Wildman–Crippen LogP) is 2.35. The molecule has 0 saturated heterocycles. The monoisotopic (exact) mass is 286 g/mol. The van der Waals surface area contributed by atoms with Gasteiger partial charge in [-0.1, -0.05) is 24.3 Å². The SMILES string of the molecule is Cc1cccc(S(=O)(=O)NCc2ccc(C#N)cc2)c1. The summed E-state index contributed by atoms with van der Waals surface area (Å²) < 4.78 is 26.8. The van der Waals surface area contributed by atoms with Gasteiger partial charge in [0.25, 0.3) is 0 Å². The van der Waals surface area contributed by atoms with Crippen LogP contribution >= 0.6 is 0 Å². The molecule has 0 amide bonds. The maximum Gasteiger partial charge on any atom is 0.240 e. The lowest BCUT2D eigenvalue weighted by molar-refractivity contribution is 0.581. The van der Waals surface area contributed by atoms with Crippen LogP contribution in [0.4, 0.5) is 0 Å². The summed E-state index contributed by atoms with van der Waals surface area (Å²) in [4.78, 5) is 0.256. The molecule has 0 bridgehead atoms. The van der Waals surface area contributed by atoms with Gasteiger partial charge in [0.2, 0.25) is 10.0 Å². The van der Waals surface area contributed by atoms with E-state index in [2.05, 4.69) is 4.72 Å². The van der Waals surface area contributed by atoms with Crippen molar-refractivity contribution in [2.75, 3.05) is 0 Å². The minimum atomic E-state index is -3.51. The van der Waals surface area contributed by atoms with Crippen LogP contribution in [0.2, 0.25) is 0 Å². The van der Waals surface area contributed by atoms with E-state index in [0.29, 0.717) is 5.56 Å². The molecule has 0 saturated carbocycles. The van der Waals surface area contributed by atoms with Gasteiger partial charge in [0.05, 0.1) is 16.5 Å². The Morgan fingerprint density at radius 2 is 1.85 bits per heavy atom. The number of nitrogens with one attached hydrogen (secondary N) is 1. The number of hydrogen-bond donors (Lipinski definition) is 1. The first-order valence-corrected chi connectivity index (χ1v) is 7.55. The Hall–Kier alpha value is -2.16. The van der Waals surface area contributed by atoms with Gasteiger partial charge in [0, 0.05) is 6.54 Å². The maximum absolute atomic E-state index is 12.1. The summed E-state index contributed by atoms with van der Waals surface area (Å²) >= 11 is 0. The predicted molar refractivity (Wildman–Crippen MR) is 76.4 cm³/mol. The Morgan fingerprint density at radius 1 is 1.15 bits per heavy atom. The Labute approximate surface area is 118 Å². The largest absolute Gasteiger partial charge is 0.240 e. The first-order chi connectivity index (χ1) is 9.51. The van der Waals surface area contributed by atoms with Gasteiger partial charge in [-0.15, -0.1) is 0 Å². The summed E-state index contributed by atoms with van der Waals surface area (Å²) in [5.74, 6) is 0. The molecule has 0 heterocycles. The Balaban J connectivity index is 2.11. The molecule has 2 aromatic rings. The highest BCUT2D eigenvalue weighted by Gasteiger charge is 2.13. The Kier molecular flexibility index (Phi) is 4.18. The molecule has 5 heteroatoms. The van der Waals surface area contributed by atoms with Crippen LogP contribution in [0.25, 0.3) is 0 Å². The first kappa shape index (κ1) is 14.3. The van der Waals surface area contributed by atoms with Gasteiger partial charge in [0.15, 0.2) is 0 Å². The fraction of sp³-hybridized carbons (Fsp3) is 0.133. The van der Waals surface area contributed by atoms with Crippen molar-refractivity contribution in [1.82, 2.24) is 4.72 Å². The Morgan fingerprint density at radius 3 is 2.45 bits per heavy atom. The van der Waals surface area contributed by atoms with Crippen LogP contribution in [0.3, 0.4) is 0 Å². The van der Waals surface area contributed by atoms with Crippen LogP contribution in [0.15, 0.2) is 53.4 Å². The standard InChI is InChI=1S/C15H14N2O2S/c1-12-3-2-4-15(9-12)20(18,19)17-11-14-7-5-13(10-16)6-8-14/h2-9,17H,11H2,1H3. The van der Waals surface area contributed by atoms with E-state index in [1.807, 2.05) is 19.1 Å². The van der Waals surface area contributed by atoms with E-state index in [4.69, 9.17) is 5.26 Å². The van der Waals surface area contributed by atoms with Gasteiger partial charge in [-0.25, -0.2) is 13.1 Å². The molecular formula is C15H14N2O2S. The lowest BCUT2D eigenvalue weighted by Crippen LogP contribution is -2.23. The second kappa shape index (κ2) is 5.87. The molecule has 2 rings (SSSR count). The zero-order chi connectivity index (χ0) is 14.6. The third-order valence-electron chi connectivity index (χ3n) is 2.85. The molecule has 4 nitrogen and oxygen atoms in total. The van der Waals surface area contributed by atoms with Crippen molar-refractivity contribution in [3.63, 3.8) is 0 Å². The van der Waals surface area contributed by atoms with Crippen molar-refractivity contribution < 1.29 is 8.42 Å². The maximum atomic E-state index is 12.1. The average molecular weight is 286 g/mol. The molecule has 1 N–H and O–H groups in total. The molecule has 0 aliphatic heterocycles. The normalized spacial score (nSPS) is 11.0. The van der Waals surface area contributed by atoms with Crippen LogP contribution in [-0.2, 0) is 16.6 Å². The van der Waals surface area contributed by atoms with Gasteiger partial charge in [-0.2, -0.15) is 5.26 Å². The second-order valence-electron chi connectivity index (χ2n) is 4.45. The molecular weight excluding hydrogens is 272 g/mol. The lowest BCUT2D eigenvalue weighted by Gasteiger charge is -2.07. The molecule has 20 heavy (non-hydrogen) atoms. The van der Waals surface area contributed by atoms with Crippen molar-refractivity contribution in [2.24, 2.45) is 0 Å². The molecule has 0 aromatic heterocycles. The summed E-state index contributed by atoms with van der Waals surface area (Å²) in [6.45, 7) is 2.04. The molecule has 0 spiro atoms. The van der Waals surface area contributed by atoms with E-state index >= 15 is 0 Å². The minimum absolute atomic E-state index is 0.196. The van der Waals surface area contributed by atoms with Crippen LogP contribution in [0.1, 0.15) is 16.7 Å². The quantitative estimate of drug-likeness (QED) is 0.938. The molecule has 0 unspecified atom stereocenters. The smallest absolute Gasteiger partial charge is 0.207 e. The van der Waals surface area contributed by atoms with Gasteiger partial charge in [0.1, 0.15) is 0 Å². The fourth-order valence-corrected chi connectivity index (χ4v) is 2.86. The third-order valence-corrected chi connectivity index (χ3v) is 4.25. The van der Waals surface area contributed by atoms with Crippen molar-refractivity contribution in [3.05, 3.63) is 65.2 Å². The molecule has 2 aromatic carbocycles. The van der Waals surface area contributed by atoms with Crippen LogP contribution < -0.4 is 4.72 Å². The number of nitrogens with zero attached hydrogens (tertiary/aromatic N) is 1. The minimum Gasteiger partial charge on any atom is -0.207 e. The summed E-state index contributed by atoms with van der Waals surface area (Å²) in [5.41, 5.74) is 2.25. The molecule has 0 aliphatic carbocycles. The van der Waals surface area contributed by atoms with Crippen molar-refractivity contribution in [3.8, 4) is 6.07 Å². The van der Waals surface area contributed by atoms with Gasteiger partial charge >= 0.3 is 0 Å². The van der Waals surface area contributed by atoms with E-state index in [1.54, 1.807) is 42.5 Å². The van der Waals surface area contributed by atoms with Crippen molar-refractivity contribution >= 4 is 10.0 Å². The highest BCUT2D eigenvalue weighted by atomic mass is 32.2. The molecule has 0 fully saturated rings. The number of hydrogen-bond acceptors (Lipinski definition) is 3. The highest BCUT2D eigenvalue weighted by Crippen LogP contribution is 2.11. The van der Waals surface area contributed by atoms with Crippen molar-refractivity contribution in [2.45, 2.75) is 18.4 Å². The van der Waals surface area contributed by atoms with E-state index in [9.17, 15) is 8.42 Å². The second-order valence-corrected chi connectivity index (χ2v) is 6.22. The summed E-state index contributed by atoms with van der Waals surface area (Å²) in [6, 6.07) is 15.6. The van der Waals surface area contributed by atoms with Gasteiger partial charge < -0.3 is 0 Å². The van der Waals surface area contributed by atoms with Crippen molar-refractivity contribution in [1.29, 1.82) is 5.26 Å². The molecule has 0 atom stereocenters. The van der Waals surface area contributed by atoms with Gasteiger partial charge in [-0.3, -0.25) is 0 Å². The number of sulfonamides is 1. The van der Waals surface area contributed by atoms with E-state index in [1.165, 1.54) is 0 Å². The van der Waals surface area contributed by atoms with Crippen LogP contribution in [-0.4, -0.2) is 8.42 Å². The molecule has 102 valence electrons. The van der Waals surface area contributed by atoms with Gasteiger partial charge in [-0.05, 0) is 42.3 Å². The van der Waals surface area contributed by atoms with E-state index < -0.39 is 10.0 Å². The number of benzene rings is 2. The van der Waals surface area contributed by atoms with E-state index in [-0.39, 0.29) is 11.4 Å². The number of aryl methyl sites for hydroxylation is 1. The topological polar surface area (TPSA) is 70.0 Å². The van der Waals surface area contributed by atoms with Crippen LogP contribution in [0.5, 0.6) is 0 Å². The van der Waals surface area contributed by atoms with Crippen LogP contribution in [0, 0.1) is 18.3 Å². The zero-order valence-corrected chi connectivity index (χ0v) is 11.8. The summed E-state index contributed by atoms with van der Waals surface area (Å²) in [6.07, 6.45) is 0. The molecule has 0 aliphatic rings.